The average molecular weight is 435 g/mol. The van der Waals surface area contributed by atoms with Crippen molar-refractivity contribution < 1.29 is 14.4 Å². The fourth-order valence-electron chi connectivity index (χ4n) is 3.26. The molecule has 1 heterocycles. The zero-order valence-electron chi connectivity index (χ0n) is 18.2. The molecule has 0 bridgehead atoms. The minimum absolute atomic E-state index is 0.0466. The van der Waals surface area contributed by atoms with Crippen LogP contribution in [0.5, 0.6) is 0 Å². The Morgan fingerprint density at radius 1 is 1.00 bits per heavy atom. The summed E-state index contributed by atoms with van der Waals surface area (Å²) in [5, 5.41) is 9.30. The highest BCUT2D eigenvalue weighted by atomic mass is 16.2. The molecule has 32 heavy (non-hydrogen) atoms. The van der Waals surface area contributed by atoms with E-state index >= 15 is 0 Å². The van der Waals surface area contributed by atoms with Gasteiger partial charge in [-0.1, -0.05) is 38.1 Å². The van der Waals surface area contributed by atoms with Crippen molar-refractivity contribution >= 4 is 40.1 Å². The molecule has 166 valence electrons. The lowest BCUT2D eigenvalue weighted by Gasteiger charge is -2.21. The molecule has 0 aliphatic carbocycles. The number of hydrogen-bond donors (Lipinski definition) is 4. The summed E-state index contributed by atoms with van der Waals surface area (Å²) in [5.74, 6) is -0.341. The summed E-state index contributed by atoms with van der Waals surface area (Å²) in [6.07, 6.45) is 0. The number of benzene rings is 2. The zero-order chi connectivity index (χ0) is 23.3. The van der Waals surface area contributed by atoms with E-state index < -0.39 is 11.9 Å². The van der Waals surface area contributed by atoms with Crippen LogP contribution >= 0.6 is 0 Å². The second kappa shape index (κ2) is 9.86. The van der Waals surface area contributed by atoms with Crippen LogP contribution < -0.4 is 21.7 Å². The third-order valence-corrected chi connectivity index (χ3v) is 4.80. The van der Waals surface area contributed by atoms with Crippen LogP contribution in [-0.4, -0.2) is 33.7 Å². The van der Waals surface area contributed by atoms with E-state index in [1.807, 2.05) is 38.1 Å². The largest absolute Gasteiger partial charge is 0.368 e. The van der Waals surface area contributed by atoms with Crippen molar-refractivity contribution in [2.45, 2.75) is 33.4 Å². The molecule has 0 fully saturated rings. The number of fused-ring (bicyclic) bond motifs is 1. The smallest absolute Gasteiger partial charge is 0.253 e. The molecule has 0 aliphatic rings. The second-order valence-electron chi connectivity index (χ2n) is 7.68. The maximum Gasteiger partial charge on any atom is 0.253 e. The summed E-state index contributed by atoms with van der Waals surface area (Å²) in [6.45, 7) is 5.21. The molecule has 3 rings (SSSR count). The number of nitrogens with zero attached hydrogens (tertiary/aromatic N) is 2. The van der Waals surface area contributed by atoms with E-state index in [-0.39, 0.29) is 24.3 Å². The van der Waals surface area contributed by atoms with E-state index in [4.69, 9.17) is 5.73 Å². The predicted octanol–water partition coefficient (Wildman–Crippen LogP) is 2.44. The molecule has 3 amide bonds. The molecule has 1 aromatic heterocycles. The Labute approximate surface area is 185 Å². The van der Waals surface area contributed by atoms with Crippen LogP contribution in [0, 0.1) is 5.92 Å². The Bertz CT molecular complexity index is 1160. The van der Waals surface area contributed by atoms with Gasteiger partial charge in [0.05, 0.1) is 23.3 Å². The van der Waals surface area contributed by atoms with Gasteiger partial charge in [0.25, 0.3) is 5.91 Å². The molecule has 0 radical (unpaired) electrons. The van der Waals surface area contributed by atoms with Crippen molar-refractivity contribution in [2.75, 3.05) is 10.6 Å². The Morgan fingerprint density at radius 2 is 1.69 bits per heavy atom. The summed E-state index contributed by atoms with van der Waals surface area (Å²) in [6, 6.07) is 13.5. The van der Waals surface area contributed by atoms with E-state index in [0.29, 0.717) is 28.4 Å². The highest BCUT2D eigenvalue weighted by molar-refractivity contribution is 6.03. The van der Waals surface area contributed by atoms with Crippen molar-refractivity contribution in [1.29, 1.82) is 0 Å². The second-order valence-corrected chi connectivity index (χ2v) is 7.68. The van der Waals surface area contributed by atoms with Crippen molar-refractivity contribution in [3.8, 4) is 0 Å². The number of nitrogens with two attached hydrogens (primary N) is 1. The van der Waals surface area contributed by atoms with Gasteiger partial charge in [0.15, 0.2) is 5.82 Å². The van der Waals surface area contributed by atoms with Gasteiger partial charge in [-0.3, -0.25) is 14.4 Å². The first kappa shape index (κ1) is 22.7. The summed E-state index contributed by atoms with van der Waals surface area (Å²) >= 11 is 0. The molecule has 9 nitrogen and oxygen atoms in total. The number of rotatable bonds is 8. The normalized spacial score (nSPS) is 11.8. The number of primary amides is 1. The topological polar surface area (TPSA) is 139 Å². The zero-order valence-corrected chi connectivity index (χ0v) is 18.2. The first-order chi connectivity index (χ1) is 15.3. The Kier molecular flexibility index (Phi) is 6.99. The standard InChI is InChI=1S/C23H26N6O3/c1-13(2)20(21(24)31)29-22-15-8-4-6-10-17(15)27-19(28-22)12-25-23(32)16-9-5-7-11-18(16)26-14(3)30/h4-11,13,20H,12H2,1-3H3,(H2,24,31)(H,25,32)(H,26,30)(H,27,28,29)/t20-/m0/s1. The summed E-state index contributed by atoms with van der Waals surface area (Å²) in [4.78, 5) is 45.1. The van der Waals surface area contributed by atoms with Gasteiger partial charge in [-0.25, -0.2) is 9.97 Å². The van der Waals surface area contributed by atoms with Gasteiger partial charge in [-0.05, 0) is 30.2 Å². The molecule has 0 saturated carbocycles. The SMILES string of the molecule is CC(=O)Nc1ccccc1C(=O)NCc1nc(N[C@H](C(N)=O)C(C)C)c2ccccc2n1. The first-order valence-electron chi connectivity index (χ1n) is 10.2. The highest BCUT2D eigenvalue weighted by Crippen LogP contribution is 2.22. The number of carbonyl (C=O) groups excluding carboxylic acids is 3. The quantitative estimate of drug-likeness (QED) is 0.429. The fourth-order valence-corrected chi connectivity index (χ4v) is 3.26. The van der Waals surface area contributed by atoms with Gasteiger partial charge in [-0.2, -0.15) is 0 Å². The molecule has 0 aliphatic heterocycles. The van der Waals surface area contributed by atoms with Crippen molar-refractivity contribution in [1.82, 2.24) is 15.3 Å². The minimum atomic E-state index is -0.611. The molecule has 1 atom stereocenters. The molecular formula is C23H26N6O3. The number of hydrogen-bond acceptors (Lipinski definition) is 6. The van der Waals surface area contributed by atoms with Gasteiger partial charge in [-0.15, -0.1) is 0 Å². The molecule has 0 spiro atoms. The number of aromatic nitrogens is 2. The average Bonchev–Trinajstić information content (AvgIpc) is 2.75. The lowest BCUT2D eigenvalue weighted by molar-refractivity contribution is -0.119. The summed E-state index contributed by atoms with van der Waals surface area (Å²) < 4.78 is 0. The van der Waals surface area contributed by atoms with Crippen LogP contribution in [-0.2, 0) is 16.1 Å². The first-order valence-corrected chi connectivity index (χ1v) is 10.2. The van der Waals surface area contributed by atoms with Crippen molar-refractivity contribution in [2.24, 2.45) is 11.7 Å². The maximum atomic E-state index is 12.7. The van der Waals surface area contributed by atoms with Crippen LogP contribution in [0.3, 0.4) is 0 Å². The molecular weight excluding hydrogens is 408 g/mol. The molecule has 5 N–H and O–H groups in total. The third-order valence-electron chi connectivity index (χ3n) is 4.80. The van der Waals surface area contributed by atoms with Crippen LogP contribution in [0.25, 0.3) is 10.9 Å². The fraction of sp³-hybridized carbons (Fsp3) is 0.261. The molecule has 3 aromatic rings. The number of para-hydroxylation sites is 2. The van der Waals surface area contributed by atoms with E-state index in [1.54, 1.807) is 24.3 Å². The van der Waals surface area contributed by atoms with Crippen LogP contribution in [0.1, 0.15) is 37.0 Å². The van der Waals surface area contributed by atoms with E-state index in [9.17, 15) is 14.4 Å². The monoisotopic (exact) mass is 434 g/mol. The van der Waals surface area contributed by atoms with Crippen molar-refractivity contribution in [3.05, 3.63) is 59.9 Å². The van der Waals surface area contributed by atoms with Gasteiger partial charge >= 0.3 is 0 Å². The Hall–Kier alpha value is -4.01. The molecule has 0 unspecified atom stereocenters. The number of anilines is 2. The Balaban J connectivity index is 1.86. The summed E-state index contributed by atoms with van der Waals surface area (Å²) in [7, 11) is 0. The molecule has 0 saturated heterocycles. The lowest BCUT2D eigenvalue weighted by atomic mass is 10.0. The van der Waals surface area contributed by atoms with E-state index in [0.717, 1.165) is 5.39 Å². The van der Waals surface area contributed by atoms with E-state index in [2.05, 4.69) is 25.9 Å². The number of amides is 3. The number of nitrogens with one attached hydrogen (secondary N) is 3. The highest BCUT2D eigenvalue weighted by Gasteiger charge is 2.21. The van der Waals surface area contributed by atoms with Gasteiger partial charge in [0, 0.05) is 12.3 Å². The maximum absolute atomic E-state index is 12.7. The molecule has 9 heteroatoms. The molecule has 2 aromatic carbocycles. The van der Waals surface area contributed by atoms with Gasteiger partial charge in [0.2, 0.25) is 11.8 Å². The van der Waals surface area contributed by atoms with Crippen LogP contribution in [0.15, 0.2) is 48.5 Å². The lowest BCUT2D eigenvalue weighted by Crippen LogP contribution is -2.40. The van der Waals surface area contributed by atoms with Gasteiger partial charge in [0.1, 0.15) is 11.9 Å². The summed E-state index contributed by atoms with van der Waals surface area (Å²) in [5.41, 5.74) is 6.96. The van der Waals surface area contributed by atoms with Crippen LogP contribution in [0.2, 0.25) is 0 Å². The van der Waals surface area contributed by atoms with Crippen molar-refractivity contribution in [3.63, 3.8) is 0 Å². The van der Waals surface area contributed by atoms with Gasteiger partial charge < -0.3 is 21.7 Å². The predicted molar refractivity (Wildman–Crippen MR) is 123 cm³/mol. The van der Waals surface area contributed by atoms with E-state index in [1.165, 1.54) is 6.92 Å². The number of carbonyl (C=O) groups is 3. The van der Waals surface area contributed by atoms with Crippen LogP contribution in [0.4, 0.5) is 11.5 Å². The Morgan fingerprint density at radius 3 is 2.38 bits per heavy atom. The minimum Gasteiger partial charge on any atom is -0.368 e. The third kappa shape index (κ3) is 5.37.